The Balaban J connectivity index is 0. The summed E-state index contributed by atoms with van der Waals surface area (Å²) in [6.07, 6.45) is 0. The first-order valence-corrected chi connectivity index (χ1v) is 1.50. The van der Waals surface area contributed by atoms with Crippen LogP contribution in [0.2, 0.25) is 0 Å². The third-order valence-electron chi connectivity index (χ3n) is 0. The van der Waals surface area contributed by atoms with Crippen molar-refractivity contribution in [3.8, 4) is 0 Å². The van der Waals surface area contributed by atoms with Crippen LogP contribution in [0.1, 0.15) is 0 Å². The Hall–Kier alpha value is -0.660. The van der Waals surface area contributed by atoms with E-state index in [1.807, 2.05) is 20.9 Å². The number of hydrogen-bond acceptors (Lipinski definition) is 1. The van der Waals surface area contributed by atoms with E-state index in [1.165, 1.54) is 0 Å². The second-order valence-electron chi connectivity index (χ2n) is 1.08. The zero-order valence-corrected chi connectivity index (χ0v) is 4.27. The lowest BCUT2D eigenvalue weighted by atomic mass is 11.1. The van der Waals surface area contributed by atoms with Crippen LogP contribution in [0.4, 0.5) is 0 Å². The molecule has 0 aliphatic heterocycles. The maximum absolute atomic E-state index is 8.00. The molecule has 2 heteroatoms. The molecule has 2 nitrogen and oxygen atoms in total. The maximum atomic E-state index is 8.00. The van der Waals surface area contributed by atoms with Gasteiger partial charge in [-0.1, -0.05) is 0 Å². The molecular formula is C4H10NO+. The first kappa shape index (κ1) is 9.02. The van der Waals surface area contributed by atoms with E-state index >= 15 is 0 Å². The number of nitrogens with zero attached hydrogens (tertiary/aromatic N) is 1. The van der Waals surface area contributed by atoms with Crippen LogP contribution in [0, 0.1) is 0 Å². The number of hydrogen-bond donors (Lipinski definition) is 0. The van der Waals surface area contributed by atoms with Gasteiger partial charge in [-0.2, -0.15) is 0 Å². The van der Waals surface area contributed by atoms with Gasteiger partial charge in [0.05, 0.1) is 0 Å². The average molecular weight is 88.1 g/mol. The Morgan fingerprint density at radius 2 is 1.33 bits per heavy atom. The molecule has 0 aromatic heterocycles. The van der Waals surface area contributed by atoms with Crippen LogP contribution in [0.25, 0.3) is 0 Å². The normalized spacial score (nSPS) is 5.00. The summed E-state index contributed by atoms with van der Waals surface area (Å²) in [7, 11) is 3.78. The van der Waals surface area contributed by atoms with E-state index in [2.05, 4.69) is 6.72 Å². The molecule has 0 amide bonds. The predicted molar refractivity (Wildman–Crippen MR) is 26.4 cm³/mol. The van der Waals surface area contributed by atoms with Gasteiger partial charge < -0.3 is 4.79 Å². The van der Waals surface area contributed by atoms with E-state index in [-0.39, 0.29) is 0 Å². The Labute approximate surface area is 38.1 Å². The van der Waals surface area contributed by atoms with Crippen molar-refractivity contribution < 1.29 is 9.37 Å². The molecule has 0 radical (unpaired) electrons. The SMILES string of the molecule is C=O.C=[N+](C)C. The molecule has 6 heavy (non-hydrogen) atoms. The summed E-state index contributed by atoms with van der Waals surface area (Å²) in [5.74, 6) is 0. The van der Waals surface area contributed by atoms with Crippen molar-refractivity contribution >= 4 is 13.5 Å². The molecular weight excluding hydrogens is 78.0 g/mol. The third-order valence-corrected chi connectivity index (χ3v) is 0. The van der Waals surface area contributed by atoms with Crippen molar-refractivity contribution in [1.82, 2.24) is 0 Å². The second-order valence-corrected chi connectivity index (χ2v) is 1.08. The third kappa shape index (κ3) is 42.0. The van der Waals surface area contributed by atoms with Crippen molar-refractivity contribution in [3.63, 3.8) is 0 Å². The molecule has 0 spiro atoms. The average Bonchev–Trinajstić information content (AvgIpc) is 1.41. The van der Waals surface area contributed by atoms with Crippen molar-refractivity contribution in [2.45, 2.75) is 0 Å². The fraction of sp³-hybridized carbons (Fsp3) is 0.500. The lowest BCUT2D eigenvalue weighted by molar-refractivity contribution is -0.454. The standard InChI is InChI=1S/C3H8N.CH2O/c1-4(2)3;1-2/h1H2,2-3H3;1H2/q+1;. The summed E-state index contributed by atoms with van der Waals surface area (Å²) in [5.41, 5.74) is 0. The molecule has 0 bridgehead atoms. The van der Waals surface area contributed by atoms with Crippen LogP contribution < -0.4 is 0 Å². The highest BCUT2D eigenvalue weighted by atomic mass is 16.1. The zero-order valence-electron chi connectivity index (χ0n) is 4.27. The Bertz CT molecular complexity index is 38.8. The summed E-state index contributed by atoms with van der Waals surface area (Å²) in [4.78, 5) is 8.00. The molecule has 0 aliphatic rings. The molecule has 0 unspecified atom stereocenters. The molecule has 0 saturated carbocycles. The van der Waals surface area contributed by atoms with Crippen LogP contribution in [0.5, 0.6) is 0 Å². The molecule has 0 aromatic carbocycles. The minimum atomic E-state index is 1.75. The second kappa shape index (κ2) is 8.84. The van der Waals surface area contributed by atoms with Crippen LogP contribution in [-0.2, 0) is 4.79 Å². The Kier molecular flexibility index (Phi) is 13.3. The summed E-state index contributed by atoms with van der Waals surface area (Å²) >= 11 is 0. The molecule has 0 saturated heterocycles. The van der Waals surface area contributed by atoms with Crippen LogP contribution >= 0.6 is 0 Å². The van der Waals surface area contributed by atoms with Gasteiger partial charge in [0.2, 0.25) is 0 Å². The van der Waals surface area contributed by atoms with E-state index in [9.17, 15) is 0 Å². The van der Waals surface area contributed by atoms with Gasteiger partial charge in [-0.25, -0.2) is 4.58 Å². The van der Waals surface area contributed by atoms with Crippen molar-refractivity contribution in [2.24, 2.45) is 0 Å². The van der Waals surface area contributed by atoms with Gasteiger partial charge in [0.1, 0.15) is 27.6 Å². The topological polar surface area (TPSA) is 20.1 Å². The Morgan fingerprint density at radius 3 is 1.33 bits per heavy atom. The fourth-order valence-corrected chi connectivity index (χ4v) is 0. The highest BCUT2D eigenvalue weighted by molar-refractivity contribution is 5.13. The van der Waals surface area contributed by atoms with Gasteiger partial charge >= 0.3 is 0 Å². The molecule has 0 aromatic rings. The minimum Gasteiger partial charge on any atom is -0.307 e. The maximum Gasteiger partial charge on any atom is 0.131 e. The number of rotatable bonds is 0. The predicted octanol–water partition coefficient (Wildman–Crippen LogP) is -0.226. The Morgan fingerprint density at radius 1 is 1.33 bits per heavy atom. The van der Waals surface area contributed by atoms with Crippen molar-refractivity contribution in [1.29, 1.82) is 0 Å². The van der Waals surface area contributed by atoms with E-state index in [1.54, 1.807) is 4.58 Å². The summed E-state index contributed by atoms with van der Waals surface area (Å²) in [5, 5.41) is 0. The quantitative estimate of drug-likeness (QED) is 0.296. The van der Waals surface area contributed by atoms with E-state index in [4.69, 9.17) is 4.79 Å². The first-order valence-electron chi connectivity index (χ1n) is 1.50. The monoisotopic (exact) mass is 88.1 g/mol. The van der Waals surface area contributed by atoms with Crippen molar-refractivity contribution in [2.75, 3.05) is 14.1 Å². The van der Waals surface area contributed by atoms with Gasteiger partial charge in [0.25, 0.3) is 0 Å². The molecule has 0 atom stereocenters. The summed E-state index contributed by atoms with van der Waals surface area (Å²) < 4.78 is 1.75. The lowest BCUT2D eigenvalue weighted by Gasteiger charge is -1.65. The van der Waals surface area contributed by atoms with Crippen LogP contribution in [-0.4, -0.2) is 32.2 Å². The van der Waals surface area contributed by atoms with Crippen molar-refractivity contribution in [3.05, 3.63) is 0 Å². The van der Waals surface area contributed by atoms with E-state index in [0.717, 1.165) is 0 Å². The van der Waals surface area contributed by atoms with Crippen LogP contribution in [0.3, 0.4) is 0 Å². The summed E-state index contributed by atoms with van der Waals surface area (Å²) in [6, 6.07) is 0. The van der Waals surface area contributed by atoms with Gasteiger partial charge in [-0.15, -0.1) is 0 Å². The highest BCUT2D eigenvalue weighted by Crippen LogP contribution is 1.30. The molecule has 36 valence electrons. The largest absolute Gasteiger partial charge is 0.307 e. The molecule has 0 rings (SSSR count). The van der Waals surface area contributed by atoms with Gasteiger partial charge in [0, 0.05) is 0 Å². The molecule has 0 fully saturated rings. The number of carbonyl (C=O) groups is 1. The van der Waals surface area contributed by atoms with Gasteiger partial charge in [-0.3, -0.25) is 0 Å². The first-order chi connectivity index (χ1) is 2.73. The molecule has 0 N–H and O–H groups in total. The van der Waals surface area contributed by atoms with E-state index < -0.39 is 0 Å². The smallest absolute Gasteiger partial charge is 0.131 e. The van der Waals surface area contributed by atoms with Gasteiger partial charge in [-0.05, 0) is 0 Å². The van der Waals surface area contributed by atoms with Crippen LogP contribution in [0.15, 0.2) is 0 Å². The molecule has 0 aliphatic carbocycles. The minimum absolute atomic E-state index is 1.75. The highest BCUT2D eigenvalue weighted by Gasteiger charge is 1.53. The fourth-order valence-electron chi connectivity index (χ4n) is 0. The van der Waals surface area contributed by atoms with E-state index in [0.29, 0.717) is 0 Å². The zero-order chi connectivity index (χ0) is 5.58. The summed E-state index contributed by atoms with van der Waals surface area (Å²) in [6.45, 7) is 5.47. The number of carbonyl (C=O) groups excluding carboxylic acids is 1. The molecule has 0 heterocycles. The lowest BCUT2D eigenvalue weighted by Crippen LogP contribution is -1.86. The van der Waals surface area contributed by atoms with Gasteiger partial charge in [0.15, 0.2) is 0 Å².